The van der Waals surface area contributed by atoms with Gasteiger partial charge in [0.2, 0.25) is 0 Å². The van der Waals surface area contributed by atoms with E-state index in [9.17, 15) is 0 Å². The summed E-state index contributed by atoms with van der Waals surface area (Å²) in [6.07, 6.45) is 7.67. The summed E-state index contributed by atoms with van der Waals surface area (Å²) in [7, 11) is 0. The average molecular weight is 249 g/mol. The van der Waals surface area contributed by atoms with Crippen molar-refractivity contribution in [1.29, 1.82) is 0 Å². The smallest absolute Gasteiger partial charge is 0.131 e. The number of nitrogens with one attached hydrogen (secondary N) is 1. The minimum atomic E-state index is -0.653. The first kappa shape index (κ1) is 11.7. The molecule has 94 valence electrons. The van der Waals surface area contributed by atoms with Crippen LogP contribution in [0.3, 0.4) is 0 Å². The number of hydrogen-bond donors (Lipinski definition) is 2. The third-order valence-electron chi connectivity index (χ3n) is 3.20. The first-order valence-corrected chi connectivity index (χ1v) is 6.21. The fraction of sp³-hybridized carbons (Fsp3) is 0.0625. The quantitative estimate of drug-likeness (QED) is 0.859. The highest BCUT2D eigenvalue weighted by Gasteiger charge is 2.24. The zero-order chi connectivity index (χ0) is 13.1. The highest BCUT2D eigenvalue weighted by atomic mass is 15.1. The maximum absolute atomic E-state index is 6.36. The third-order valence-corrected chi connectivity index (χ3v) is 3.20. The number of hydrogen-bond acceptors (Lipinski definition) is 3. The summed E-state index contributed by atoms with van der Waals surface area (Å²) in [5.74, 6) is 0. The molecule has 0 spiro atoms. The van der Waals surface area contributed by atoms with E-state index < -0.39 is 5.66 Å². The zero-order valence-corrected chi connectivity index (χ0v) is 10.5. The van der Waals surface area contributed by atoms with E-state index >= 15 is 0 Å². The molecule has 1 aromatic heterocycles. The molecule has 2 heterocycles. The molecule has 1 unspecified atom stereocenters. The Balaban J connectivity index is 1.87. The van der Waals surface area contributed by atoms with Gasteiger partial charge in [-0.2, -0.15) is 0 Å². The molecule has 0 fully saturated rings. The summed E-state index contributed by atoms with van der Waals surface area (Å²) in [4.78, 5) is 4.32. The Bertz CT molecular complexity index is 617. The zero-order valence-electron chi connectivity index (χ0n) is 10.5. The molecular weight excluding hydrogens is 234 g/mol. The number of pyridine rings is 1. The fourth-order valence-electron chi connectivity index (χ4n) is 2.10. The van der Waals surface area contributed by atoms with Gasteiger partial charge in [0.25, 0.3) is 0 Å². The maximum atomic E-state index is 6.36. The molecule has 0 amide bonds. The van der Waals surface area contributed by atoms with Crippen LogP contribution in [0, 0.1) is 0 Å². The summed E-state index contributed by atoms with van der Waals surface area (Å²) in [6, 6.07) is 15.8. The second-order valence-corrected chi connectivity index (χ2v) is 4.53. The Labute approximate surface area is 112 Å². The van der Waals surface area contributed by atoms with E-state index in [1.807, 2.05) is 66.9 Å². The summed E-state index contributed by atoms with van der Waals surface area (Å²) < 4.78 is 0. The van der Waals surface area contributed by atoms with Gasteiger partial charge >= 0.3 is 0 Å². The van der Waals surface area contributed by atoms with Gasteiger partial charge < -0.3 is 11.1 Å². The lowest BCUT2D eigenvalue weighted by Crippen LogP contribution is -2.47. The minimum absolute atomic E-state index is 0.653. The highest BCUT2D eigenvalue weighted by molar-refractivity contribution is 5.73. The molecular formula is C16H15N3. The fourth-order valence-corrected chi connectivity index (χ4v) is 2.10. The molecule has 3 nitrogen and oxygen atoms in total. The number of nitrogens with two attached hydrogens (primary N) is 1. The second kappa shape index (κ2) is 4.71. The van der Waals surface area contributed by atoms with Gasteiger partial charge in [-0.05, 0) is 23.8 Å². The summed E-state index contributed by atoms with van der Waals surface area (Å²) in [5, 5.41) is 3.25. The molecule has 1 aliphatic heterocycles. The topological polar surface area (TPSA) is 50.9 Å². The van der Waals surface area contributed by atoms with Crippen LogP contribution in [0.4, 0.5) is 0 Å². The van der Waals surface area contributed by atoms with Crippen molar-refractivity contribution in [2.24, 2.45) is 5.73 Å². The van der Waals surface area contributed by atoms with Crippen LogP contribution in [0.15, 0.2) is 73.1 Å². The first-order valence-electron chi connectivity index (χ1n) is 6.21. The van der Waals surface area contributed by atoms with E-state index in [1.54, 1.807) is 6.20 Å². The van der Waals surface area contributed by atoms with Crippen LogP contribution in [-0.4, -0.2) is 4.98 Å². The Morgan fingerprint density at radius 2 is 1.79 bits per heavy atom. The number of nitrogens with zero attached hydrogens (tertiary/aromatic N) is 1. The molecule has 3 rings (SSSR count). The second-order valence-electron chi connectivity index (χ2n) is 4.53. The van der Waals surface area contributed by atoms with Gasteiger partial charge in [-0.25, -0.2) is 0 Å². The summed E-state index contributed by atoms with van der Waals surface area (Å²) >= 11 is 0. The van der Waals surface area contributed by atoms with Gasteiger partial charge in [-0.3, -0.25) is 4.98 Å². The molecule has 0 aliphatic carbocycles. The van der Waals surface area contributed by atoms with Crippen LogP contribution in [-0.2, 0) is 5.66 Å². The molecule has 2 aromatic rings. The van der Waals surface area contributed by atoms with Crippen LogP contribution < -0.4 is 11.1 Å². The first-order chi connectivity index (χ1) is 9.28. The van der Waals surface area contributed by atoms with E-state index in [0.29, 0.717) is 0 Å². The Kier molecular flexibility index (Phi) is 2.89. The van der Waals surface area contributed by atoms with Crippen molar-refractivity contribution in [3.05, 3.63) is 84.3 Å². The summed E-state index contributed by atoms with van der Waals surface area (Å²) in [6.45, 7) is 0. The molecule has 0 saturated heterocycles. The lowest BCUT2D eigenvalue weighted by atomic mass is 9.96. The van der Waals surface area contributed by atoms with Crippen molar-refractivity contribution in [3.63, 3.8) is 0 Å². The number of allylic oxidation sites excluding steroid dienone is 2. The number of aromatic nitrogens is 1. The van der Waals surface area contributed by atoms with Crippen molar-refractivity contribution in [2.75, 3.05) is 0 Å². The van der Waals surface area contributed by atoms with E-state index in [2.05, 4.69) is 10.3 Å². The molecule has 1 aromatic carbocycles. The predicted octanol–water partition coefficient (Wildman–Crippen LogP) is 2.39. The molecule has 1 atom stereocenters. The average Bonchev–Trinajstić information content (AvgIpc) is 2.50. The maximum Gasteiger partial charge on any atom is 0.131 e. The lowest BCUT2D eigenvalue weighted by Gasteiger charge is -2.30. The monoisotopic (exact) mass is 249 g/mol. The van der Waals surface area contributed by atoms with Crippen LogP contribution in [0.1, 0.15) is 11.3 Å². The van der Waals surface area contributed by atoms with Gasteiger partial charge in [-0.1, -0.05) is 42.5 Å². The van der Waals surface area contributed by atoms with E-state index in [4.69, 9.17) is 5.73 Å². The largest absolute Gasteiger partial charge is 0.366 e. The van der Waals surface area contributed by atoms with Crippen LogP contribution >= 0.6 is 0 Å². The number of dihydropyridines is 1. The molecule has 0 bridgehead atoms. The number of rotatable bonds is 2. The molecule has 19 heavy (non-hydrogen) atoms. The van der Waals surface area contributed by atoms with E-state index in [-0.39, 0.29) is 0 Å². The van der Waals surface area contributed by atoms with Gasteiger partial charge in [0.15, 0.2) is 0 Å². The molecule has 0 radical (unpaired) electrons. The van der Waals surface area contributed by atoms with E-state index in [1.165, 1.54) is 0 Å². The van der Waals surface area contributed by atoms with Crippen molar-refractivity contribution in [3.8, 4) is 0 Å². The molecule has 1 aliphatic rings. The summed E-state index contributed by atoms with van der Waals surface area (Å²) in [5.41, 5.74) is 8.69. The molecule has 3 heteroatoms. The van der Waals surface area contributed by atoms with Gasteiger partial charge in [-0.15, -0.1) is 0 Å². The standard InChI is InChI=1S/C16H15N3/c17-16(14-6-2-1-3-7-14)10-9-13(12-19-16)15-8-4-5-11-18-15/h1-12,19H,17H2. The van der Waals surface area contributed by atoms with Crippen LogP contribution in [0.5, 0.6) is 0 Å². The molecule has 0 saturated carbocycles. The number of benzene rings is 1. The Morgan fingerprint density at radius 1 is 1.00 bits per heavy atom. The minimum Gasteiger partial charge on any atom is -0.366 e. The van der Waals surface area contributed by atoms with Gasteiger partial charge in [0, 0.05) is 18.0 Å². The van der Waals surface area contributed by atoms with E-state index in [0.717, 1.165) is 16.8 Å². The SMILES string of the molecule is NC1(c2ccccc2)C=CC(c2ccccn2)=CN1. The normalized spacial score (nSPS) is 21.6. The van der Waals surface area contributed by atoms with Crippen molar-refractivity contribution < 1.29 is 0 Å². The molecule has 3 N–H and O–H groups in total. The predicted molar refractivity (Wildman–Crippen MR) is 76.8 cm³/mol. The van der Waals surface area contributed by atoms with Crippen LogP contribution in [0.2, 0.25) is 0 Å². The Hall–Kier alpha value is -2.39. The van der Waals surface area contributed by atoms with Gasteiger partial charge in [0.1, 0.15) is 5.66 Å². The van der Waals surface area contributed by atoms with Crippen molar-refractivity contribution in [2.45, 2.75) is 5.66 Å². The Morgan fingerprint density at radius 3 is 2.42 bits per heavy atom. The van der Waals surface area contributed by atoms with Crippen molar-refractivity contribution in [1.82, 2.24) is 10.3 Å². The third kappa shape index (κ3) is 2.28. The highest BCUT2D eigenvalue weighted by Crippen LogP contribution is 2.24. The van der Waals surface area contributed by atoms with Crippen molar-refractivity contribution >= 4 is 5.57 Å². The van der Waals surface area contributed by atoms with Gasteiger partial charge in [0.05, 0.1) is 5.69 Å². The lowest BCUT2D eigenvalue weighted by molar-refractivity contribution is 0.495. The van der Waals surface area contributed by atoms with Crippen LogP contribution in [0.25, 0.3) is 5.57 Å².